The first kappa shape index (κ1) is 15.0. The molecule has 1 aromatic rings. The summed E-state index contributed by atoms with van der Waals surface area (Å²) < 4.78 is 26.5. The number of hydrogen-bond acceptors (Lipinski definition) is 4. The molecule has 0 spiro atoms. The Morgan fingerprint density at radius 2 is 2.05 bits per heavy atom. The number of aliphatic carboxylic acids is 1. The van der Waals surface area contributed by atoms with Gasteiger partial charge in [-0.3, -0.25) is 9.69 Å². The summed E-state index contributed by atoms with van der Waals surface area (Å²) in [6, 6.07) is 7.64. The van der Waals surface area contributed by atoms with Crippen LogP contribution in [0.4, 0.5) is 0 Å². The van der Waals surface area contributed by atoms with Crippen LogP contribution < -0.4 is 4.72 Å². The van der Waals surface area contributed by atoms with Gasteiger partial charge in [-0.2, -0.15) is 0 Å². The lowest BCUT2D eigenvalue weighted by Crippen LogP contribution is -2.41. The van der Waals surface area contributed by atoms with Crippen LogP contribution in [-0.2, 0) is 14.8 Å². The molecule has 0 aromatic heterocycles. The van der Waals surface area contributed by atoms with Crippen LogP contribution in [0.15, 0.2) is 35.2 Å². The molecular formula is C13H18N2O4S. The summed E-state index contributed by atoms with van der Waals surface area (Å²) in [5.74, 6) is -0.839. The van der Waals surface area contributed by atoms with Crippen LogP contribution in [0.25, 0.3) is 0 Å². The van der Waals surface area contributed by atoms with Crippen LogP contribution in [0, 0.1) is 0 Å². The number of hydrogen-bond donors (Lipinski definition) is 2. The third-order valence-corrected chi connectivity index (χ3v) is 4.87. The quantitative estimate of drug-likeness (QED) is 0.799. The predicted molar refractivity (Wildman–Crippen MR) is 73.9 cm³/mol. The number of rotatable bonds is 6. The van der Waals surface area contributed by atoms with Crippen molar-refractivity contribution in [3.05, 3.63) is 30.3 Å². The minimum Gasteiger partial charge on any atom is -0.480 e. The van der Waals surface area contributed by atoms with Crippen LogP contribution in [0.5, 0.6) is 0 Å². The number of nitrogens with zero attached hydrogens (tertiary/aromatic N) is 1. The first-order valence-corrected chi connectivity index (χ1v) is 8.00. The maximum absolute atomic E-state index is 12.0. The van der Waals surface area contributed by atoms with Gasteiger partial charge >= 0.3 is 5.97 Å². The van der Waals surface area contributed by atoms with Crippen LogP contribution in [0.2, 0.25) is 0 Å². The fourth-order valence-corrected chi connectivity index (χ4v) is 3.42. The summed E-state index contributed by atoms with van der Waals surface area (Å²) in [5, 5.41) is 9.04. The van der Waals surface area contributed by atoms with Gasteiger partial charge in [0.15, 0.2) is 0 Å². The van der Waals surface area contributed by atoms with Gasteiger partial charge in [-0.05, 0) is 31.5 Å². The van der Waals surface area contributed by atoms with Crippen LogP contribution in [0.1, 0.15) is 12.8 Å². The highest BCUT2D eigenvalue weighted by molar-refractivity contribution is 7.89. The standard InChI is InChI=1S/C13H18N2O4S/c16-13(17)12-7-4-9-15(12)10-8-14-20(18,19)11-5-2-1-3-6-11/h1-3,5-6,12,14H,4,7-10H2,(H,16,17)/t12-/m1/s1. The second-order valence-corrected chi connectivity index (χ2v) is 6.51. The van der Waals surface area contributed by atoms with E-state index in [1.54, 1.807) is 23.1 Å². The first-order chi connectivity index (χ1) is 9.50. The van der Waals surface area contributed by atoms with Gasteiger partial charge in [-0.15, -0.1) is 0 Å². The number of benzene rings is 1. The molecule has 1 atom stereocenters. The highest BCUT2D eigenvalue weighted by Crippen LogP contribution is 2.16. The van der Waals surface area contributed by atoms with E-state index in [0.717, 1.165) is 6.42 Å². The number of carboxylic acids is 1. The second kappa shape index (κ2) is 6.34. The lowest BCUT2D eigenvalue weighted by Gasteiger charge is -2.20. The van der Waals surface area contributed by atoms with Crippen molar-refractivity contribution in [3.8, 4) is 0 Å². The Kier molecular flexibility index (Phi) is 4.74. The molecule has 0 saturated carbocycles. The van der Waals surface area contributed by atoms with Gasteiger partial charge in [0.2, 0.25) is 10.0 Å². The molecule has 6 nitrogen and oxygen atoms in total. The van der Waals surface area contributed by atoms with Crippen molar-refractivity contribution in [2.45, 2.75) is 23.8 Å². The summed E-state index contributed by atoms with van der Waals surface area (Å²) >= 11 is 0. The molecule has 1 saturated heterocycles. The number of carbonyl (C=O) groups is 1. The molecule has 0 amide bonds. The zero-order valence-corrected chi connectivity index (χ0v) is 11.8. The molecule has 0 aliphatic carbocycles. The topological polar surface area (TPSA) is 86.7 Å². The summed E-state index contributed by atoms with van der Waals surface area (Å²) in [4.78, 5) is 13.0. The van der Waals surface area contributed by atoms with Gasteiger partial charge in [-0.25, -0.2) is 13.1 Å². The normalized spacial score (nSPS) is 20.1. The molecule has 7 heteroatoms. The van der Waals surface area contributed by atoms with Crippen LogP contribution in [-0.4, -0.2) is 50.1 Å². The van der Waals surface area contributed by atoms with E-state index in [1.807, 2.05) is 0 Å². The van der Waals surface area contributed by atoms with Crippen molar-refractivity contribution >= 4 is 16.0 Å². The Labute approximate surface area is 118 Å². The van der Waals surface area contributed by atoms with E-state index < -0.39 is 22.0 Å². The summed E-state index contributed by atoms with van der Waals surface area (Å²) in [6.45, 7) is 1.31. The van der Waals surface area contributed by atoms with Gasteiger partial charge in [-0.1, -0.05) is 18.2 Å². The highest BCUT2D eigenvalue weighted by Gasteiger charge is 2.30. The van der Waals surface area contributed by atoms with E-state index in [9.17, 15) is 13.2 Å². The van der Waals surface area contributed by atoms with Crippen molar-refractivity contribution < 1.29 is 18.3 Å². The molecule has 20 heavy (non-hydrogen) atoms. The summed E-state index contributed by atoms with van der Waals surface area (Å²) in [5.41, 5.74) is 0. The average molecular weight is 298 g/mol. The average Bonchev–Trinajstić information content (AvgIpc) is 2.88. The largest absolute Gasteiger partial charge is 0.480 e. The minimum atomic E-state index is -3.51. The molecule has 0 bridgehead atoms. The molecule has 1 heterocycles. The molecule has 0 unspecified atom stereocenters. The lowest BCUT2D eigenvalue weighted by molar-refractivity contribution is -0.142. The third kappa shape index (κ3) is 3.56. The molecular weight excluding hydrogens is 280 g/mol. The van der Waals surface area contributed by atoms with E-state index in [1.165, 1.54) is 12.1 Å². The number of sulfonamides is 1. The zero-order valence-electron chi connectivity index (χ0n) is 11.0. The third-order valence-electron chi connectivity index (χ3n) is 3.39. The Morgan fingerprint density at radius 1 is 1.35 bits per heavy atom. The maximum Gasteiger partial charge on any atom is 0.320 e. The van der Waals surface area contributed by atoms with E-state index in [-0.39, 0.29) is 11.4 Å². The second-order valence-electron chi connectivity index (χ2n) is 4.74. The monoisotopic (exact) mass is 298 g/mol. The molecule has 1 aliphatic rings. The van der Waals surface area contributed by atoms with Crippen molar-refractivity contribution in [2.24, 2.45) is 0 Å². The number of carboxylic acid groups (broad SMARTS) is 1. The molecule has 1 aliphatic heterocycles. The molecule has 0 radical (unpaired) electrons. The fraction of sp³-hybridized carbons (Fsp3) is 0.462. The van der Waals surface area contributed by atoms with E-state index >= 15 is 0 Å². The van der Waals surface area contributed by atoms with E-state index in [2.05, 4.69) is 4.72 Å². The SMILES string of the molecule is O=C(O)[C@H]1CCCN1CCNS(=O)(=O)c1ccccc1. The van der Waals surface area contributed by atoms with Gasteiger partial charge in [0, 0.05) is 13.1 Å². The van der Waals surface area contributed by atoms with E-state index in [0.29, 0.717) is 19.5 Å². The minimum absolute atomic E-state index is 0.209. The zero-order chi connectivity index (χ0) is 14.6. The lowest BCUT2D eigenvalue weighted by atomic mass is 10.2. The Morgan fingerprint density at radius 3 is 2.70 bits per heavy atom. The van der Waals surface area contributed by atoms with Crippen molar-refractivity contribution in [1.29, 1.82) is 0 Å². The summed E-state index contributed by atoms with van der Waals surface area (Å²) in [7, 11) is -3.51. The van der Waals surface area contributed by atoms with Crippen molar-refractivity contribution in [1.82, 2.24) is 9.62 Å². The number of nitrogens with one attached hydrogen (secondary N) is 1. The Hall–Kier alpha value is -1.44. The van der Waals surface area contributed by atoms with Crippen LogP contribution >= 0.6 is 0 Å². The highest BCUT2D eigenvalue weighted by atomic mass is 32.2. The van der Waals surface area contributed by atoms with Gasteiger partial charge in [0.25, 0.3) is 0 Å². The van der Waals surface area contributed by atoms with Crippen LogP contribution in [0.3, 0.4) is 0 Å². The molecule has 1 aromatic carbocycles. The molecule has 2 N–H and O–H groups in total. The Bertz CT molecular complexity index is 559. The fourth-order valence-electron chi connectivity index (χ4n) is 2.38. The Balaban J connectivity index is 1.88. The molecule has 2 rings (SSSR count). The van der Waals surface area contributed by atoms with Crippen molar-refractivity contribution in [3.63, 3.8) is 0 Å². The summed E-state index contributed by atoms with van der Waals surface area (Å²) in [6.07, 6.45) is 1.46. The van der Waals surface area contributed by atoms with Gasteiger partial charge in [0.1, 0.15) is 6.04 Å². The molecule has 1 fully saturated rings. The van der Waals surface area contributed by atoms with Gasteiger partial charge < -0.3 is 5.11 Å². The maximum atomic E-state index is 12.0. The molecule has 110 valence electrons. The number of likely N-dealkylation sites (tertiary alicyclic amines) is 1. The van der Waals surface area contributed by atoms with E-state index in [4.69, 9.17) is 5.11 Å². The first-order valence-electron chi connectivity index (χ1n) is 6.52. The van der Waals surface area contributed by atoms with Gasteiger partial charge in [0.05, 0.1) is 4.90 Å². The predicted octanol–water partition coefficient (Wildman–Crippen LogP) is 0.514. The van der Waals surface area contributed by atoms with Crippen molar-refractivity contribution in [2.75, 3.05) is 19.6 Å². The smallest absolute Gasteiger partial charge is 0.320 e.